The number of aromatic carboxylic acids is 1. The zero-order valence-electron chi connectivity index (χ0n) is 11.3. The second-order valence-corrected chi connectivity index (χ2v) is 4.73. The fraction of sp³-hybridized carbons (Fsp3) is 0.133. The van der Waals surface area contributed by atoms with Crippen molar-refractivity contribution in [2.24, 2.45) is 0 Å². The first kappa shape index (κ1) is 13.1. The third kappa shape index (κ3) is 1.76. The van der Waals surface area contributed by atoms with Crippen LogP contribution in [0, 0.1) is 6.92 Å². The van der Waals surface area contributed by atoms with E-state index in [0.29, 0.717) is 10.8 Å². The zero-order chi connectivity index (χ0) is 15.3. The number of ether oxygens (including phenoxy) is 1. The van der Waals surface area contributed by atoms with Crippen molar-refractivity contribution in [1.82, 2.24) is 0 Å². The predicted octanol–water partition coefficient (Wildman–Crippen LogP) is 3.01. The topological polar surface area (TPSA) is 100 Å². The zero-order valence-corrected chi connectivity index (χ0v) is 11.3. The van der Waals surface area contributed by atoms with Gasteiger partial charge in [-0.3, -0.25) is 0 Å². The highest BCUT2D eigenvalue weighted by Crippen LogP contribution is 2.43. The number of phenolic OH excluding ortho intramolecular Hbond substituents is 2. The maximum absolute atomic E-state index is 11.3. The number of hydrogen-bond acceptors (Lipinski definition) is 5. The molecule has 0 atom stereocenters. The molecule has 1 heterocycles. The van der Waals surface area contributed by atoms with Crippen molar-refractivity contribution in [3.63, 3.8) is 0 Å². The van der Waals surface area contributed by atoms with Crippen molar-refractivity contribution >= 4 is 27.9 Å². The van der Waals surface area contributed by atoms with E-state index in [4.69, 9.17) is 9.15 Å². The molecule has 0 saturated carbocycles. The lowest BCUT2D eigenvalue weighted by Crippen LogP contribution is -1.96. The average molecular weight is 288 g/mol. The Morgan fingerprint density at radius 3 is 2.52 bits per heavy atom. The van der Waals surface area contributed by atoms with Gasteiger partial charge in [-0.25, -0.2) is 4.79 Å². The highest BCUT2D eigenvalue weighted by molar-refractivity contribution is 6.14. The molecule has 108 valence electrons. The third-order valence-corrected chi connectivity index (χ3v) is 3.41. The van der Waals surface area contributed by atoms with E-state index in [9.17, 15) is 20.1 Å². The monoisotopic (exact) mass is 288 g/mol. The number of methoxy groups -OCH3 is 1. The van der Waals surface area contributed by atoms with E-state index >= 15 is 0 Å². The van der Waals surface area contributed by atoms with E-state index in [1.807, 2.05) is 0 Å². The van der Waals surface area contributed by atoms with Gasteiger partial charge in [0, 0.05) is 10.8 Å². The van der Waals surface area contributed by atoms with Crippen LogP contribution in [0.4, 0.5) is 0 Å². The minimum Gasteiger partial charge on any atom is -0.508 e. The normalized spacial score (nSPS) is 11.1. The summed E-state index contributed by atoms with van der Waals surface area (Å²) in [5.41, 5.74) is 0.802. The van der Waals surface area contributed by atoms with Crippen LogP contribution in [-0.2, 0) is 0 Å². The summed E-state index contributed by atoms with van der Waals surface area (Å²) < 4.78 is 10.6. The summed E-state index contributed by atoms with van der Waals surface area (Å²) in [5, 5.41) is 30.0. The van der Waals surface area contributed by atoms with E-state index in [2.05, 4.69) is 0 Å². The van der Waals surface area contributed by atoms with Gasteiger partial charge in [-0.2, -0.15) is 0 Å². The van der Waals surface area contributed by atoms with Crippen LogP contribution in [0.1, 0.15) is 15.9 Å². The summed E-state index contributed by atoms with van der Waals surface area (Å²) in [6.45, 7) is 1.78. The van der Waals surface area contributed by atoms with Crippen LogP contribution in [0.3, 0.4) is 0 Å². The second kappa shape index (κ2) is 4.31. The van der Waals surface area contributed by atoms with Gasteiger partial charge < -0.3 is 24.5 Å². The molecule has 6 heteroatoms. The Morgan fingerprint density at radius 2 is 1.90 bits per heavy atom. The van der Waals surface area contributed by atoms with Crippen molar-refractivity contribution in [2.45, 2.75) is 6.92 Å². The number of rotatable bonds is 2. The Balaban J connectivity index is 2.57. The van der Waals surface area contributed by atoms with Crippen molar-refractivity contribution in [3.8, 4) is 17.2 Å². The maximum Gasteiger partial charge on any atom is 0.339 e. The van der Waals surface area contributed by atoms with Crippen molar-refractivity contribution in [3.05, 3.63) is 29.3 Å². The van der Waals surface area contributed by atoms with Gasteiger partial charge in [0.05, 0.1) is 7.11 Å². The molecular weight excluding hydrogens is 276 g/mol. The predicted molar refractivity (Wildman–Crippen MR) is 75.3 cm³/mol. The van der Waals surface area contributed by atoms with Crippen LogP contribution in [-0.4, -0.2) is 28.4 Å². The maximum atomic E-state index is 11.3. The number of hydrogen-bond donors (Lipinski definition) is 3. The number of carboxylic acids is 1. The highest BCUT2D eigenvalue weighted by Gasteiger charge is 2.22. The Labute approximate surface area is 118 Å². The molecule has 0 radical (unpaired) electrons. The molecule has 3 aromatic rings. The standard InChI is InChI=1S/C15H12O6/c1-6-3-10(20-2)12(17)14-11(6)8-4-7(16)5-9(15(18)19)13(8)21-14/h3-5,16-17H,1-2H3,(H,18,19). The summed E-state index contributed by atoms with van der Waals surface area (Å²) in [6.07, 6.45) is 0. The molecular formula is C15H12O6. The van der Waals surface area contributed by atoms with Gasteiger partial charge >= 0.3 is 5.97 Å². The molecule has 6 nitrogen and oxygen atoms in total. The summed E-state index contributed by atoms with van der Waals surface area (Å²) in [4.78, 5) is 11.3. The first-order valence-corrected chi connectivity index (χ1v) is 6.13. The first-order valence-electron chi connectivity index (χ1n) is 6.13. The fourth-order valence-electron chi connectivity index (χ4n) is 2.51. The molecule has 3 N–H and O–H groups in total. The molecule has 0 amide bonds. The number of aromatic hydroxyl groups is 2. The Kier molecular flexibility index (Phi) is 2.69. The Morgan fingerprint density at radius 1 is 1.19 bits per heavy atom. The van der Waals surface area contributed by atoms with Gasteiger partial charge in [0.2, 0.25) is 5.75 Å². The fourth-order valence-corrected chi connectivity index (χ4v) is 2.51. The lowest BCUT2D eigenvalue weighted by atomic mass is 10.0. The highest BCUT2D eigenvalue weighted by atomic mass is 16.5. The average Bonchev–Trinajstić information content (AvgIpc) is 2.81. The van der Waals surface area contributed by atoms with Gasteiger partial charge in [-0.1, -0.05) is 0 Å². The van der Waals surface area contributed by atoms with Gasteiger partial charge in [0.1, 0.15) is 16.9 Å². The summed E-state index contributed by atoms with van der Waals surface area (Å²) in [7, 11) is 1.41. The van der Waals surface area contributed by atoms with Crippen LogP contribution in [0.25, 0.3) is 21.9 Å². The van der Waals surface area contributed by atoms with Crippen LogP contribution < -0.4 is 4.74 Å². The van der Waals surface area contributed by atoms with Crippen molar-refractivity contribution in [2.75, 3.05) is 7.11 Å². The van der Waals surface area contributed by atoms with Crippen LogP contribution in [0.5, 0.6) is 17.2 Å². The number of benzene rings is 2. The minimum absolute atomic E-state index is 0.0990. The molecule has 0 spiro atoms. The summed E-state index contributed by atoms with van der Waals surface area (Å²) in [5.74, 6) is -1.37. The van der Waals surface area contributed by atoms with Crippen molar-refractivity contribution < 1.29 is 29.3 Å². The molecule has 0 fully saturated rings. The summed E-state index contributed by atoms with van der Waals surface area (Å²) >= 11 is 0. The van der Waals surface area contributed by atoms with Crippen molar-refractivity contribution in [1.29, 1.82) is 0 Å². The van der Waals surface area contributed by atoms with E-state index in [-0.39, 0.29) is 34.0 Å². The Hall–Kier alpha value is -2.89. The van der Waals surface area contributed by atoms with Gasteiger partial charge in [0.25, 0.3) is 0 Å². The Bertz CT molecular complexity index is 890. The molecule has 2 aromatic carbocycles. The number of carboxylic acid groups (broad SMARTS) is 1. The van der Waals surface area contributed by atoms with Gasteiger partial charge in [-0.05, 0) is 30.7 Å². The van der Waals surface area contributed by atoms with Crippen LogP contribution >= 0.6 is 0 Å². The van der Waals surface area contributed by atoms with E-state index in [0.717, 1.165) is 11.6 Å². The molecule has 1 aromatic heterocycles. The first-order chi connectivity index (χ1) is 9.93. The lowest BCUT2D eigenvalue weighted by Gasteiger charge is -2.05. The molecule has 0 aliphatic rings. The van der Waals surface area contributed by atoms with E-state index < -0.39 is 5.97 Å². The SMILES string of the molecule is COc1cc(C)c2c(oc3c(C(=O)O)cc(O)cc32)c1O. The minimum atomic E-state index is -1.22. The summed E-state index contributed by atoms with van der Waals surface area (Å²) in [6, 6.07) is 4.14. The van der Waals surface area contributed by atoms with Crippen LogP contribution in [0.2, 0.25) is 0 Å². The quantitative estimate of drug-likeness (QED) is 0.670. The number of aryl methyl sites for hydroxylation is 1. The molecule has 0 aliphatic carbocycles. The largest absolute Gasteiger partial charge is 0.508 e. The molecule has 0 aliphatic heterocycles. The van der Waals surface area contributed by atoms with E-state index in [1.165, 1.54) is 13.2 Å². The van der Waals surface area contributed by atoms with Gasteiger partial charge in [0.15, 0.2) is 11.3 Å². The van der Waals surface area contributed by atoms with Gasteiger partial charge in [-0.15, -0.1) is 0 Å². The number of carbonyl (C=O) groups is 1. The lowest BCUT2D eigenvalue weighted by molar-refractivity contribution is 0.0697. The van der Waals surface area contributed by atoms with E-state index in [1.54, 1.807) is 13.0 Å². The second-order valence-electron chi connectivity index (χ2n) is 4.73. The van der Waals surface area contributed by atoms with Crippen LogP contribution in [0.15, 0.2) is 22.6 Å². The smallest absolute Gasteiger partial charge is 0.339 e. The third-order valence-electron chi connectivity index (χ3n) is 3.41. The molecule has 0 unspecified atom stereocenters. The number of phenols is 2. The molecule has 0 bridgehead atoms. The number of fused-ring (bicyclic) bond motifs is 3. The molecule has 0 saturated heterocycles. The number of furan rings is 1. The molecule has 21 heavy (non-hydrogen) atoms. The molecule has 3 rings (SSSR count).